The van der Waals surface area contributed by atoms with Crippen molar-refractivity contribution in [3.05, 3.63) is 0 Å². The molecule has 2 atom stereocenters. The van der Waals surface area contributed by atoms with Gasteiger partial charge in [-0.2, -0.15) is 0 Å². The Balaban J connectivity index is 2.05. The first-order valence-corrected chi connectivity index (χ1v) is 5.81. The van der Waals surface area contributed by atoms with Gasteiger partial charge in [0.05, 0.1) is 12.5 Å². The fraction of sp³-hybridized carbons (Fsp3) is 0.818. The van der Waals surface area contributed by atoms with Crippen LogP contribution in [0, 0.1) is 5.92 Å². The number of carboxylic acids is 1. The van der Waals surface area contributed by atoms with Crippen LogP contribution in [0.25, 0.3) is 0 Å². The average molecular weight is 227 g/mol. The number of aliphatic carboxylic acids is 1. The number of carbonyl (C=O) groups is 2. The van der Waals surface area contributed by atoms with Crippen molar-refractivity contribution in [1.82, 2.24) is 4.90 Å². The first-order valence-electron chi connectivity index (χ1n) is 5.81. The third-order valence-corrected chi connectivity index (χ3v) is 3.56. The van der Waals surface area contributed by atoms with Crippen LogP contribution in [0.15, 0.2) is 0 Å². The summed E-state index contributed by atoms with van der Waals surface area (Å²) in [4.78, 5) is 24.4. The molecule has 0 spiro atoms. The van der Waals surface area contributed by atoms with E-state index in [4.69, 9.17) is 9.84 Å². The molecule has 1 N–H and O–H groups in total. The monoisotopic (exact) mass is 227 g/mol. The standard InChI is InChI=1S/C11H17NO4/c1-2-16-11(15)12-8-3-4-9(12)6-7(5-8)10(13)14/h7-9H,2-6H2,1H3,(H,13,14). The summed E-state index contributed by atoms with van der Waals surface area (Å²) >= 11 is 0. The molecule has 2 aliphatic rings. The van der Waals surface area contributed by atoms with Gasteiger partial charge in [0, 0.05) is 12.1 Å². The van der Waals surface area contributed by atoms with Crippen molar-refractivity contribution >= 4 is 12.1 Å². The molecule has 2 bridgehead atoms. The lowest BCUT2D eigenvalue weighted by molar-refractivity contribution is -0.144. The molecule has 0 radical (unpaired) electrons. The Kier molecular flexibility index (Phi) is 3.03. The fourth-order valence-corrected chi connectivity index (χ4v) is 2.87. The predicted molar refractivity (Wildman–Crippen MR) is 56.0 cm³/mol. The molecular formula is C11H17NO4. The number of amides is 1. The van der Waals surface area contributed by atoms with Gasteiger partial charge in [-0.15, -0.1) is 0 Å². The number of hydrogen-bond acceptors (Lipinski definition) is 3. The van der Waals surface area contributed by atoms with Crippen LogP contribution in [0.4, 0.5) is 4.79 Å². The zero-order valence-electron chi connectivity index (χ0n) is 9.39. The Hall–Kier alpha value is -1.26. The molecule has 5 heteroatoms. The van der Waals surface area contributed by atoms with Crippen LogP contribution < -0.4 is 0 Å². The van der Waals surface area contributed by atoms with Gasteiger partial charge in [0.2, 0.25) is 0 Å². The smallest absolute Gasteiger partial charge is 0.410 e. The molecule has 2 saturated heterocycles. The molecule has 90 valence electrons. The lowest BCUT2D eigenvalue weighted by Crippen LogP contribution is -2.48. The Morgan fingerprint density at radius 3 is 2.31 bits per heavy atom. The van der Waals surface area contributed by atoms with Crippen molar-refractivity contribution in [3.63, 3.8) is 0 Å². The minimum absolute atomic E-state index is 0.0684. The van der Waals surface area contributed by atoms with Crippen LogP contribution >= 0.6 is 0 Å². The summed E-state index contributed by atoms with van der Waals surface area (Å²) in [5, 5.41) is 9.00. The number of piperidine rings is 1. The highest BCUT2D eigenvalue weighted by Gasteiger charge is 2.45. The number of carbonyl (C=O) groups excluding carboxylic acids is 1. The molecule has 0 aromatic heterocycles. The number of nitrogens with zero attached hydrogens (tertiary/aromatic N) is 1. The van der Waals surface area contributed by atoms with Gasteiger partial charge in [0.25, 0.3) is 0 Å². The molecule has 2 aliphatic heterocycles. The maximum Gasteiger partial charge on any atom is 0.410 e. The highest BCUT2D eigenvalue weighted by molar-refractivity contribution is 5.73. The summed E-state index contributed by atoms with van der Waals surface area (Å²) in [6, 6.07) is 0.137. The van der Waals surface area contributed by atoms with E-state index in [0.717, 1.165) is 12.8 Å². The second kappa shape index (κ2) is 4.31. The van der Waals surface area contributed by atoms with Crippen LogP contribution in [-0.2, 0) is 9.53 Å². The molecule has 2 heterocycles. The van der Waals surface area contributed by atoms with Gasteiger partial charge in [-0.05, 0) is 32.6 Å². The Morgan fingerprint density at radius 1 is 1.31 bits per heavy atom. The van der Waals surface area contributed by atoms with Gasteiger partial charge in [0.15, 0.2) is 0 Å². The van der Waals surface area contributed by atoms with E-state index >= 15 is 0 Å². The maximum absolute atomic E-state index is 11.7. The molecule has 5 nitrogen and oxygen atoms in total. The van der Waals surface area contributed by atoms with Crippen molar-refractivity contribution in [2.75, 3.05) is 6.61 Å². The van der Waals surface area contributed by atoms with Crippen LogP contribution in [0.2, 0.25) is 0 Å². The van der Waals surface area contributed by atoms with Crippen molar-refractivity contribution in [2.24, 2.45) is 5.92 Å². The summed E-state index contributed by atoms with van der Waals surface area (Å²) in [5.74, 6) is -1.02. The summed E-state index contributed by atoms with van der Waals surface area (Å²) < 4.78 is 5.00. The van der Waals surface area contributed by atoms with E-state index < -0.39 is 5.97 Å². The number of ether oxygens (including phenoxy) is 1. The van der Waals surface area contributed by atoms with Crippen molar-refractivity contribution in [1.29, 1.82) is 0 Å². The Bertz CT molecular complexity index is 290. The van der Waals surface area contributed by atoms with Gasteiger partial charge in [0.1, 0.15) is 0 Å². The first kappa shape index (κ1) is 11.2. The lowest BCUT2D eigenvalue weighted by Gasteiger charge is -2.36. The molecule has 0 aliphatic carbocycles. The molecule has 2 fully saturated rings. The van der Waals surface area contributed by atoms with Crippen molar-refractivity contribution in [2.45, 2.75) is 44.7 Å². The third-order valence-electron chi connectivity index (χ3n) is 3.56. The van der Waals surface area contributed by atoms with Crippen LogP contribution in [0.1, 0.15) is 32.6 Å². The Labute approximate surface area is 94.4 Å². The second-order valence-corrected chi connectivity index (χ2v) is 4.50. The largest absolute Gasteiger partial charge is 0.481 e. The number of rotatable bonds is 2. The number of carboxylic acid groups (broad SMARTS) is 1. The van der Waals surface area contributed by atoms with Crippen molar-refractivity contribution in [3.8, 4) is 0 Å². The zero-order valence-corrected chi connectivity index (χ0v) is 9.39. The molecule has 0 saturated carbocycles. The number of fused-ring (bicyclic) bond motifs is 2. The lowest BCUT2D eigenvalue weighted by atomic mass is 9.91. The van der Waals surface area contributed by atoms with Gasteiger partial charge < -0.3 is 14.7 Å². The maximum atomic E-state index is 11.7. The molecule has 2 unspecified atom stereocenters. The summed E-state index contributed by atoms with van der Waals surface area (Å²) in [7, 11) is 0. The third kappa shape index (κ3) is 1.86. The van der Waals surface area contributed by atoms with Crippen LogP contribution in [0.5, 0.6) is 0 Å². The fourth-order valence-electron chi connectivity index (χ4n) is 2.87. The van der Waals surface area contributed by atoms with Crippen LogP contribution in [0.3, 0.4) is 0 Å². The average Bonchev–Trinajstić information content (AvgIpc) is 2.49. The van der Waals surface area contributed by atoms with Gasteiger partial charge >= 0.3 is 12.1 Å². The molecule has 0 aromatic carbocycles. The number of hydrogen-bond donors (Lipinski definition) is 1. The Morgan fingerprint density at radius 2 is 1.88 bits per heavy atom. The SMILES string of the molecule is CCOC(=O)N1C2CCC1CC(C(=O)O)C2. The summed E-state index contributed by atoms with van der Waals surface area (Å²) in [6.45, 7) is 2.15. The van der Waals surface area contributed by atoms with Crippen LogP contribution in [-0.4, -0.2) is 40.8 Å². The highest BCUT2D eigenvalue weighted by Crippen LogP contribution is 2.39. The quantitative estimate of drug-likeness (QED) is 0.775. The predicted octanol–water partition coefficient (Wildman–Crippen LogP) is 1.47. The molecule has 1 amide bonds. The minimum Gasteiger partial charge on any atom is -0.481 e. The van der Waals surface area contributed by atoms with Gasteiger partial charge in [-0.3, -0.25) is 4.79 Å². The van der Waals surface area contributed by atoms with E-state index in [2.05, 4.69) is 0 Å². The second-order valence-electron chi connectivity index (χ2n) is 4.50. The summed E-state index contributed by atoms with van der Waals surface area (Å²) in [6.07, 6.45) is 2.69. The first-order chi connectivity index (χ1) is 7.63. The van der Waals surface area contributed by atoms with E-state index in [0.29, 0.717) is 19.4 Å². The van der Waals surface area contributed by atoms with E-state index in [-0.39, 0.29) is 24.1 Å². The minimum atomic E-state index is -0.736. The van der Waals surface area contributed by atoms with E-state index in [1.807, 2.05) is 0 Å². The molecule has 2 rings (SSSR count). The topological polar surface area (TPSA) is 66.8 Å². The normalized spacial score (nSPS) is 32.6. The highest BCUT2D eigenvalue weighted by atomic mass is 16.6. The van der Waals surface area contributed by atoms with Gasteiger partial charge in [-0.1, -0.05) is 0 Å². The molecule has 16 heavy (non-hydrogen) atoms. The molecule has 0 aromatic rings. The summed E-state index contributed by atoms with van der Waals surface area (Å²) in [5.41, 5.74) is 0. The molecular weight excluding hydrogens is 210 g/mol. The zero-order chi connectivity index (χ0) is 11.7. The van der Waals surface area contributed by atoms with E-state index in [1.54, 1.807) is 11.8 Å². The van der Waals surface area contributed by atoms with E-state index in [1.165, 1.54) is 0 Å². The van der Waals surface area contributed by atoms with Crippen molar-refractivity contribution < 1.29 is 19.4 Å². The van der Waals surface area contributed by atoms with Gasteiger partial charge in [-0.25, -0.2) is 4.79 Å². The van der Waals surface area contributed by atoms with E-state index in [9.17, 15) is 9.59 Å².